The van der Waals surface area contributed by atoms with E-state index in [-0.39, 0.29) is 5.69 Å². The quantitative estimate of drug-likeness (QED) is 0.500. The monoisotopic (exact) mass is 175 g/mol. The average Bonchev–Trinajstić information content (AvgIpc) is 2.63. The predicted molar refractivity (Wildman–Crippen MR) is 45.5 cm³/mol. The summed E-state index contributed by atoms with van der Waals surface area (Å²) in [5.74, 6) is 0. The lowest BCUT2D eigenvalue weighted by atomic mass is 10.5. The summed E-state index contributed by atoms with van der Waals surface area (Å²) in [4.78, 5) is 20.1. The zero-order chi connectivity index (χ0) is 8.84. The number of imidazole rings is 2. The normalized spacial score (nSPS) is 11.4. The van der Waals surface area contributed by atoms with E-state index < -0.39 is 0 Å². The highest BCUT2D eigenvalue weighted by molar-refractivity contribution is 5.73. The number of hydrogen-bond acceptors (Lipinski definition) is 3. The van der Waals surface area contributed by atoms with Crippen LogP contribution >= 0.6 is 0 Å². The first kappa shape index (κ1) is 6.41. The molecule has 3 aromatic rings. The van der Waals surface area contributed by atoms with Crippen LogP contribution in [0.4, 0.5) is 0 Å². The van der Waals surface area contributed by atoms with Crippen LogP contribution in [0.1, 0.15) is 0 Å². The Morgan fingerprint density at radius 1 is 1.38 bits per heavy atom. The Bertz CT molecular complexity index is 580. The summed E-state index contributed by atoms with van der Waals surface area (Å²) in [6, 6.07) is 1.76. The Hall–Kier alpha value is -2.11. The van der Waals surface area contributed by atoms with E-state index in [1.807, 2.05) is 0 Å². The molecular formula is C7H5N5O. The molecule has 0 bridgehead atoms. The molecule has 13 heavy (non-hydrogen) atoms. The standard InChI is InChI=1S/C7H5N5O/c13-7-9-4-3-5-8-1-2-12(5)11-6(4)10-7/h1-3H,(H2,9,10,11,13). The topological polar surface area (TPSA) is 78.8 Å². The van der Waals surface area contributed by atoms with E-state index in [0.717, 1.165) is 0 Å². The molecule has 6 heteroatoms. The van der Waals surface area contributed by atoms with Gasteiger partial charge in [0.25, 0.3) is 0 Å². The number of nitrogens with zero attached hydrogens (tertiary/aromatic N) is 3. The molecule has 3 heterocycles. The number of rotatable bonds is 0. The molecule has 0 aliphatic heterocycles. The molecule has 0 unspecified atom stereocenters. The van der Waals surface area contributed by atoms with Crippen molar-refractivity contribution in [1.82, 2.24) is 24.6 Å². The molecule has 0 aliphatic carbocycles. The maximum Gasteiger partial charge on any atom is 0.325 e. The molecule has 3 aromatic heterocycles. The van der Waals surface area contributed by atoms with E-state index in [9.17, 15) is 4.79 Å². The summed E-state index contributed by atoms with van der Waals surface area (Å²) in [7, 11) is 0. The van der Waals surface area contributed by atoms with Crippen LogP contribution in [0.15, 0.2) is 23.3 Å². The molecule has 0 radical (unpaired) electrons. The maximum atomic E-state index is 10.9. The van der Waals surface area contributed by atoms with Gasteiger partial charge >= 0.3 is 5.69 Å². The van der Waals surface area contributed by atoms with Crippen molar-refractivity contribution in [1.29, 1.82) is 0 Å². The van der Waals surface area contributed by atoms with Gasteiger partial charge < -0.3 is 4.98 Å². The van der Waals surface area contributed by atoms with Crippen molar-refractivity contribution in [2.24, 2.45) is 0 Å². The van der Waals surface area contributed by atoms with E-state index in [2.05, 4.69) is 20.1 Å². The Morgan fingerprint density at radius 3 is 3.23 bits per heavy atom. The van der Waals surface area contributed by atoms with Gasteiger partial charge in [-0.15, -0.1) is 5.10 Å². The Morgan fingerprint density at radius 2 is 2.31 bits per heavy atom. The number of nitrogens with one attached hydrogen (secondary N) is 2. The molecule has 64 valence electrons. The van der Waals surface area contributed by atoms with Crippen LogP contribution in [0.25, 0.3) is 16.8 Å². The summed E-state index contributed by atoms with van der Waals surface area (Å²) in [5, 5.41) is 4.13. The molecule has 6 nitrogen and oxygen atoms in total. The Labute approximate surface area is 71.2 Å². The van der Waals surface area contributed by atoms with Gasteiger partial charge in [-0.05, 0) is 0 Å². The Balaban J connectivity index is 2.62. The second-order valence-corrected chi connectivity index (χ2v) is 2.72. The first-order chi connectivity index (χ1) is 6.33. The minimum absolute atomic E-state index is 0.254. The zero-order valence-electron chi connectivity index (χ0n) is 6.48. The second-order valence-electron chi connectivity index (χ2n) is 2.72. The lowest BCUT2D eigenvalue weighted by molar-refractivity contribution is 0.957. The van der Waals surface area contributed by atoms with Gasteiger partial charge in [0.1, 0.15) is 0 Å². The van der Waals surface area contributed by atoms with Gasteiger partial charge in [-0.3, -0.25) is 4.98 Å². The van der Waals surface area contributed by atoms with Crippen molar-refractivity contribution in [2.75, 3.05) is 0 Å². The molecule has 0 fully saturated rings. The van der Waals surface area contributed by atoms with Crippen LogP contribution < -0.4 is 5.69 Å². The van der Waals surface area contributed by atoms with Crippen LogP contribution in [-0.2, 0) is 0 Å². The minimum Gasteiger partial charge on any atom is -0.304 e. The number of fused-ring (bicyclic) bond motifs is 2. The third kappa shape index (κ3) is 0.792. The highest BCUT2D eigenvalue weighted by atomic mass is 16.1. The smallest absolute Gasteiger partial charge is 0.304 e. The third-order valence-electron chi connectivity index (χ3n) is 1.87. The fraction of sp³-hybridized carbons (Fsp3) is 0. The molecule has 0 aliphatic rings. The van der Waals surface area contributed by atoms with Gasteiger partial charge in [0.2, 0.25) is 0 Å². The molecule has 0 saturated heterocycles. The number of hydrogen-bond donors (Lipinski definition) is 2. The zero-order valence-corrected chi connectivity index (χ0v) is 6.48. The second kappa shape index (κ2) is 1.98. The van der Waals surface area contributed by atoms with Gasteiger partial charge in [-0.25, -0.2) is 14.3 Å². The van der Waals surface area contributed by atoms with E-state index in [0.29, 0.717) is 16.8 Å². The molecular weight excluding hydrogens is 170 g/mol. The summed E-state index contributed by atoms with van der Waals surface area (Å²) < 4.78 is 1.60. The lowest BCUT2D eigenvalue weighted by Gasteiger charge is -1.90. The summed E-state index contributed by atoms with van der Waals surface area (Å²) >= 11 is 0. The van der Waals surface area contributed by atoms with Crippen molar-refractivity contribution in [3.63, 3.8) is 0 Å². The fourth-order valence-electron chi connectivity index (χ4n) is 1.30. The van der Waals surface area contributed by atoms with Gasteiger partial charge in [0, 0.05) is 18.5 Å². The molecule has 0 saturated carbocycles. The molecule has 2 N–H and O–H groups in total. The van der Waals surface area contributed by atoms with E-state index in [1.165, 1.54) is 0 Å². The number of aromatic amines is 2. The largest absolute Gasteiger partial charge is 0.325 e. The van der Waals surface area contributed by atoms with E-state index in [4.69, 9.17) is 0 Å². The summed E-state index contributed by atoms with van der Waals surface area (Å²) in [6.45, 7) is 0. The molecule has 3 rings (SSSR count). The van der Waals surface area contributed by atoms with Gasteiger partial charge in [0.05, 0.1) is 5.52 Å². The predicted octanol–water partition coefficient (Wildman–Crippen LogP) is -0.101. The van der Waals surface area contributed by atoms with E-state index >= 15 is 0 Å². The van der Waals surface area contributed by atoms with Crippen LogP contribution in [0.5, 0.6) is 0 Å². The SMILES string of the molecule is O=c1[nH]c2cc3nccn3nc2[nH]1. The number of H-pyrrole nitrogens is 2. The summed E-state index contributed by atoms with van der Waals surface area (Å²) in [5.41, 5.74) is 1.66. The molecule has 0 spiro atoms. The molecule has 0 atom stereocenters. The molecule has 0 aromatic carbocycles. The first-order valence-corrected chi connectivity index (χ1v) is 3.75. The third-order valence-corrected chi connectivity index (χ3v) is 1.87. The first-order valence-electron chi connectivity index (χ1n) is 3.75. The maximum absolute atomic E-state index is 10.9. The lowest BCUT2D eigenvalue weighted by Crippen LogP contribution is -1.99. The van der Waals surface area contributed by atoms with Gasteiger partial charge in [-0.1, -0.05) is 0 Å². The molecule has 0 amide bonds. The average molecular weight is 175 g/mol. The van der Waals surface area contributed by atoms with Crippen molar-refractivity contribution in [2.45, 2.75) is 0 Å². The minimum atomic E-state index is -0.254. The van der Waals surface area contributed by atoms with Crippen LogP contribution in [-0.4, -0.2) is 24.6 Å². The van der Waals surface area contributed by atoms with Crippen LogP contribution in [0.3, 0.4) is 0 Å². The highest BCUT2D eigenvalue weighted by Gasteiger charge is 2.01. The highest BCUT2D eigenvalue weighted by Crippen LogP contribution is 2.05. The Kier molecular flexibility index (Phi) is 0.974. The van der Waals surface area contributed by atoms with Gasteiger partial charge in [0.15, 0.2) is 11.3 Å². The number of aromatic nitrogens is 5. The van der Waals surface area contributed by atoms with E-state index in [1.54, 1.807) is 23.0 Å². The van der Waals surface area contributed by atoms with Crippen molar-refractivity contribution < 1.29 is 0 Å². The van der Waals surface area contributed by atoms with Crippen LogP contribution in [0, 0.1) is 0 Å². The van der Waals surface area contributed by atoms with Crippen molar-refractivity contribution in [3.8, 4) is 0 Å². The van der Waals surface area contributed by atoms with Crippen molar-refractivity contribution in [3.05, 3.63) is 28.9 Å². The van der Waals surface area contributed by atoms with Crippen molar-refractivity contribution >= 4 is 16.8 Å². The fourth-order valence-corrected chi connectivity index (χ4v) is 1.30. The summed E-state index contributed by atoms with van der Waals surface area (Å²) in [6.07, 6.45) is 3.37. The van der Waals surface area contributed by atoms with Crippen LogP contribution in [0.2, 0.25) is 0 Å². The van der Waals surface area contributed by atoms with Gasteiger partial charge in [-0.2, -0.15) is 0 Å².